The fourth-order valence-electron chi connectivity index (χ4n) is 2.53. The minimum Gasteiger partial charge on any atom is -0.300 e. The van der Waals surface area contributed by atoms with Gasteiger partial charge in [0.05, 0.1) is 0 Å². The van der Waals surface area contributed by atoms with Crippen molar-refractivity contribution in [2.45, 2.75) is 38.8 Å². The average Bonchev–Trinajstić information content (AvgIpc) is 2.69. The second-order valence-corrected chi connectivity index (χ2v) is 5.82. The third-order valence-electron chi connectivity index (χ3n) is 3.41. The van der Waals surface area contributed by atoms with E-state index < -0.39 is 0 Å². The van der Waals surface area contributed by atoms with Crippen molar-refractivity contribution >= 4 is 21.7 Å². The number of Topliss-reactive ketones (excluding diaryl/α,β-unsaturated/α-hetero) is 1. The van der Waals surface area contributed by atoms with Crippen LogP contribution in [-0.4, -0.2) is 23.3 Å². The molecule has 1 aliphatic rings. The van der Waals surface area contributed by atoms with Crippen LogP contribution in [0.5, 0.6) is 0 Å². The summed E-state index contributed by atoms with van der Waals surface area (Å²) in [6, 6.07) is 5.44. The van der Waals surface area contributed by atoms with Crippen LogP contribution in [0.4, 0.5) is 4.39 Å². The van der Waals surface area contributed by atoms with Crippen molar-refractivity contribution in [2.24, 2.45) is 0 Å². The first kappa shape index (κ1) is 13.7. The molecule has 1 aromatic carbocycles. The lowest BCUT2D eigenvalue weighted by atomic mass is 10.1. The largest absolute Gasteiger partial charge is 0.300 e. The van der Waals surface area contributed by atoms with E-state index in [9.17, 15) is 9.18 Å². The lowest BCUT2D eigenvalue weighted by Crippen LogP contribution is -2.30. The van der Waals surface area contributed by atoms with Crippen molar-refractivity contribution < 1.29 is 9.18 Å². The van der Waals surface area contributed by atoms with Gasteiger partial charge in [0.2, 0.25) is 0 Å². The Labute approximate surface area is 115 Å². The van der Waals surface area contributed by atoms with E-state index in [2.05, 4.69) is 20.8 Å². The first-order chi connectivity index (χ1) is 8.56. The van der Waals surface area contributed by atoms with Crippen molar-refractivity contribution in [2.75, 3.05) is 6.54 Å². The van der Waals surface area contributed by atoms with Crippen LogP contribution in [0.3, 0.4) is 0 Å². The van der Waals surface area contributed by atoms with Gasteiger partial charge in [-0.3, -0.25) is 9.69 Å². The monoisotopic (exact) mass is 313 g/mol. The Hall–Kier alpha value is -0.740. The average molecular weight is 314 g/mol. The second kappa shape index (κ2) is 5.93. The van der Waals surface area contributed by atoms with E-state index in [1.807, 2.05) is 12.1 Å². The van der Waals surface area contributed by atoms with Crippen molar-refractivity contribution in [3.8, 4) is 0 Å². The first-order valence-corrected chi connectivity index (χ1v) is 7.03. The Kier molecular flexibility index (Phi) is 4.51. The van der Waals surface area contributed by atoms with Gasteiger partial charge in [-0.25, -0.2) is 4.39 Å². The molecular formula is C14H17BrFNO. The highest BCUT2D eigenvalue weighted by atomic mass is 79.9. The molecule has 2 rings (SSSR count). The van der Waals surface area contributed by atoms with Gasteiger partial charge in [-0.1, -0.05) is 22.0 Å². The van der Waals surface area contributed by atoms with Crippen molar-refractivity contribution in [3.05, 3.63) is 34.1 Å². The number of ketones is 1. The quantitative estimate of drug-likeness (QED) is 0.847. The molecule has 1 heterocycles. The molecule has 1 saturated heterocycles. The summed E-state index contributed by atoms with van der Waals surface area (Å²) in [5.41, 5.74) is 0.702. The van der Waals surface area contributed by atoms with Crippen LogP contribution in [0.25, 0.3) is 0 Å². The van der Waals surface area contributed by atoms with Gasteiger partial charge < -0.3 is 0 Å². The smallest absolute Gasteiger partial charge is 0.131 e. The van der Waals surface area contributed by atoms with E-state index in [1.54, 1.807) is 6.92 Å². The van der Waals surface area contributed by atoms with Gasteiger partial charge in [-0.2, -0.15) is 0 Å². The number of carbonyl (C=O) groups is 1. The molecule has 1 atom stereocenters. The Morgan fingerprint density at radius 3 is 3.00 bits per heavy atom. The van der Waals surface area contributed by atoms with Crippen LogP contribution in [0, 0.1) is 5.82 Å². The minimum atomic E-state index is -0.183. The second-order valence-electron chi connectivity index (χ2n) is 4.91. The Morgan fingerprint density at radius 1 is 1.56 bits per heavy atom. The highest BCUT2D eigenvalue weighted by molar-refractivity contribution is 9.10. The van der Waals surface area contributed by atoms with Gasteiger partial charge in [0, 0.05) is 29.0 Å². The summed E-state index contributed by atoms with van der Waals surface area (Å²) >= 11 is 3.26. The van der Waals surface area contributed by atoms with Crippen molar-refractivity contribution in [1.29, 1.82) is 0 Å². The minimum absolute atomic E-state index is 0.183. The number of hydrogen-bond donors (Lipinski definition) is 0. The maximum Gasteiger partial charge on any atom is 0.131 e. The van der Waals surface area contributed by atoms with E-state index in [0.29, 0.717) is 18.5 Å². The van der Waals surface area contributed by atoms with Crippen molar-refractivity contribution in [3.63, 3.8) is 0 Å². The summed E-state index contributed by atoms with van der Waals surface area (Å²) in [4.78, 5) is 13.4. The molecule has 1 aromatic rings. The van der Waals surface area contributed by atoms with E-state index in [-0.39, 0.29) is 17.6 Å². The summed E-state index contributed by atoms with van der Waals surface area (Å²) in [6.07, 6.45) is 2.71. The molecule has 0 N–H and O–H groups in total. The third kappa shape index (κ3) is 3.39. The van der Waals surface area contributed by atoms with Crippen LogP contribution in [0.15, 0.2) is 22.7 Å². The molecule has 0 aliphatic carbocycles. The maximum atomic E-state index is 13.8. The molecule has 0 bridgehead atoms. The molecule has 0 saturated carbocycles. The molecule has 18 heavy (non-hydrogen) atoms. The maximum absolute atomic E-state index is 13.8. The molecule has 98 valence electrons. The van der Waals surface area contributed by atoms with E-state index in [4.69, 9.17) is 0 Å². The number of nitrogens with zero attached hydrogens (tertiary/aromatic N) is 1. The molecule has 1 unspecified atom stereocenters. The van der Waals surface area contributed by atoms with Gasteiger partial charge in [0.25, 0.3) is 0 Å². The van der Waals surface area contributed by atoms with Crippen LogP contribution < -0.4 is 0 Å². The van der Waals surface area contributed by atoms with Crippen LogP contribution in [-0.2, 0) is 11.3 Å². The van der Waals surface area contributed by atoms with Gasteiger partial charge in [-0.05, 0) is 38.4 Å². The molecule has 1 fully saturated rings. The van der Waals surface area contributed by atoms with Crippen LogP contribution >= 0.6 is 15.9 Å². The fourth-order valence-corrected chi connectivity index (χ4v) is 2.87. The molecule has 1 aliphatic heterocycles. The first-order valence-electron chi connectivity index (χ1n) is 6.23. The molecule has 0 amide bonds. The number of halogens is 2. The Bertz CT molecular complexity index is 449. The lowest BCUT2D eigenvalue weighted by Gasteiger charge is -2.23. The summed E-state index contributed by atoms with van der Waals surface area (Å²) in [6.45, 7) is 3.17. The highest BCUT2D eigenvalue weighted by Crippen LogP contribution is 2.24. The normalized spacial score (nSPS) is 20.3. The van der Waals surface area contributed by atoms with Gasteiger partial charge >= 0.3 is 0 Å². The molecular weight excluding hydrogens is 297 g/mol. The van der Waals surface area contributed by atoms with Gasteiger partial charge in [0.1, 0.15) is 11.6 Å². The third-order valence-corrected chi connectivity index (χ3v) is 3.90. The topological polar surface area (TPSA) is 20.3 Å². The Morgan fingerprint density at radius 2 is 2.33 bits per heavy atom. The van der Waals surface area contributed by atoms with Gasteiger partial charge in [0.15, 0.2) is 0 Å². The number of benzene rings is 1. The fraction of sp³-hybridized carbons (Fsp3) is 0.500. The van der Waals surface area contributed by atoms with E-state index in [1.165, 1.54) is 6.07 Å². The van der Waals surface area contributed by atoms with Crippen molar-refractivity contribution in [1.82, 2.24) is 4.90 Å². The van der Waals surface area contributed by atoms with Gasteiger partial charge in [-0.15, -0.1) is 0 Å². The van der Waals surface area contributed by atoms with E-state index in [0.717, 1.165) is 23.9 Å². The van der Waals surface area contributed by atoms with Crippen LogP contribution in [0.1, 0.15) is 31.7 Å². The number of likely N-dealkylation sites (tertiary alicyclic amines) is 1. The predicted molar refractivity (Wildman–Crippen MR) is 72.8 cm³/mol. The summed E-state index contributed by atoms with van der Waals surface area (Å²) < 4.78 is 14.5. The highest BCUT2D eigenvalue weighted by Gasteiger charge is 2.26. The zero-order chi connectivity index (χ0) is 13.1. The number of rotatable bonds is 4. The van der Waals surface area contributed by atoms with E-state index >= 15 is 0 Å². The summed E-state index contributed by atoms with van der Waals surface area (Å²) in [5.74, 6) is 0.0287. The molecule has 4 heteroatoms. The summed E-state index contributed by atoms with van der Waals surface area (Å²) in [7, 11) is 0. The Balaban J connectivity index is 2.05. The number of carbonyl (C=O) groups excluding carboxylic acids is 1. The van der Waals surface area contributed by atoms with Crippen LogP contribution in [0.2, 0.25) is 0 Å². The SMILES string of the molecule is CC(=O)CC1CCCN1Cc1ccc(Br)cc1F. The lowest BCUT2D eigenvalue weighted by molar-refractivity contribution is -0.118. The molecule has 2 nitrogen and oxygen atoms in total. The zero-order valence-corrected chi connectivity index (χ0v) is 12.0. The zero-order valence-electron chi connectivity index (χ0n) is 10.5. The molecule has 0 radical (unpaired) electrons. The summed E-state index contributed by atoms with van der Waals surface area (Å²) in [5, 5.41) is 0. The number of hydrogen-bond acceptors (Lipinski definition) is 2. The molecule has 0 aromatic heterocycles. The molecule has 0 spiro atoms. The predicted octanol–water partition coefficient (Wildman–Crippen LogP) is 3.53. The standard InChI is InChI=1S/C14H17BrFNO/c1-10(18)7-13-3-2-6-17(13)9-11-4-5-12(15)8-14(11)16/h4-5,8,13H,2-3,6-7,9H2,1H3.